The molecule has 2 N–H and O–H groups in total. The lowest BCUT2D eigenvalue weighted by Crippen LogP contribution is -2.52. The predicted molar refractivity (Wildman–Crippen MR) is 113 cm³/mol. The Morgan fingerprint density at radius 3 is 2.17 bits per heavy atom. The van der Waals surface area contributed by atoms with Crippen molar-refractivity contribution in [2.75, 3.05) is 13.1 Å². The van der Waals surface area contributed by atoms with E-state index < -0.39 is 0 Å². The van der Waals surface area contributed by atoms with Crippen molar-refractivity contribution in [2.24, 2.45) is 29.1 Å². The number of nitrogens with one attached hydrogen (secondary N) is 2. The zero-order chi connectivity index (χ0) is 20.4. The van der Waals surface area contributed by atoms with Crippen LogP contribution in [0.1, 0.15) is 78.6 Å². The van der Waals surface area contributed by atoms with E-state index in [9.17, 15) is 9.59 Å². The second kappa shape index (κ2) is 6.96. The van der Waals surface area contributed by atoms with Gasteiger partial charge in [0.05, 0.1) is 12.0 Å². The van der Waals surface area contributed by atoms with Crippen LogP contribution in [0.3, 0.4) is 0 Å². The van der Waals surface area contributed by atoms with Gasteiger partial charge in [-0.3, -0.25) is 14.5 Å². The second-order valence-electron chi connectivity index (χ2n) is 12.1. The molecule has 5 nitrogen and oxygen atoms in total. The maximum atomic E-state index is 13.2. The fourth-order valence-corrected chi connectivity index (χ4v) is 8.02. The van der Waals surface area contributed by atoms with Crippen LogP contribution in [0.5, 0.6) is 0 Å². The molecule has 6 bridgehead atoms. The molecule has 6 fully saturated rings. The van der Waals surface area contributed by atoms with Crippen LogP contribution in [-0.2, 0) is 9.59 Å². The van der Waals surface area contributed by atoms with Crippen LogP contribution < -0.4 is 10.6 Å². The molecule has 5 heteroatoms. The fourth-order valence-electron chi connectivity index (χ4n) is 8.02. The summed E-state index contributed by atoms with van der Waals surface area (Å²) in [7, 11) is 0. The van der Waals surface area contributed by atoms with Gasteiger partial charge in [-0.15, -0.1) is 0 Å². The summed E-state index contributed by atoms with van der Waals surface area (Å²) in [4.78, 5) is 28.1. The van der Waals surface area contributed by atoms with Crippen LogP contribution >= 0.6 is 0 Å². The maximum absolute atomic E-state index is 13.2. The molecule has 2 unspecified atom stereocenters. The number of piperidine rings is 1. The number of fused-ring (bicyclic) bond motifs is 2. The van der Waals surface area contributed by atoms with E-state index in [0.29, 0.717) is 36.4 Å². The molecule has 0 aromatic rings. The van der Waals surface area contributed by atoms with Gasteiger partial charge in [0.25, 0.3) is 0 Å². The van der Waals surface area contributed by atoms with Crippen molar-refractivity contribution in [3.8, 4) is 0 Å². The molecule has 5 atom stereocenters. The Kier molecular flexibility index (Phi) is 4.76. The third-order valence-electron chi connectivity index (χ3n) is 8.82. The summed E-state index contributed by atoms with van der Waals surface area (Å²) in [5, 5.41) is 6.52. The average molecular weight is 402 g/mol. The number of carbonyl (C=O) groups excluding carboxylic acids is 2. The molecule has 2 aliphatic heterocycles. The lowest BCUT2D eigenvalue weighted by Gasteiger charge is -2.39. The molecular formula is C24H39N3O2. The van der Waals surface area contributed by atoms with Gasteiger partial charge in [0.2, 0.25) is 11.8 Å². The number of hydrogen-bond donors (Lipinski definition) is 2. The molecule has 6 aliphatic rings. The first-order valence-electron chi connectivity index (χ1n) is 12.1. The highest BCUT2D eigenvalue weighted by Crippen LogP contribution is 2.65. The topological polar surface area (TPSA) is 61.4 Å². The second-order valence-corrected chi connectivity index (χ2v) is 12.1. The van der Waals surface area contributed by atoms with Gasteiger partial charge in [0, 0.05) is 24.2 Å². The minimum absolute atomic E-state index is 0.00167. The van der Waals surface area contributed by atoms with Crippen molar-refractivity contribution in [2.45, 2.75) is 96.2 Å². The molecule has 2 saturated heterocycles. The summed E-state index contributed by atoms with van der Waals surface area (Å²) in [6.07, 6.45) is 11.0. The van der Waals surface area contributed by atoms with Crippen LogP contribution in [0.15, 0.2) is 0 Å². The summed E-state index contributed by atoms with van der Waals surface area (Å²) in [6.45, 7) is 7.49. The molecule has 0 spiro atoms. The van der Waals surface area contributed by atoms with E-state index >= 15 is 0 Å². The zero-order valence-electron chi connectivity index (χ0n) is 18.5. The Morgan fingerprint density at radius 1 is 0.966 bits per heavy atom. The lowest BCUT2D eigenvalue weighted by molar-refractivity contribution is -0.133. The molecule has 2 heterocycles. The zero-order valence-corrected chi connectivity index (χ0v) is 18.5. The average Bonchev–Trinajstić information content (AvgIpc) is 3.11. The molecule has 29 heavy (non-hydrogen) atoms. The van der Waals surface area contributed by atoms with E-state index in [-0.39, 0.29) is 16.9 Å². The van der Waals surface area contributed by atoms with Gasteiger partial charge in [-0.1, -0.05) is 0 Å². The van der Waals surface area contributed by atoms with Gasteiger partial charge in [-0.25, -0.2) is 0 Å². The number of rotatable bonds is 5. The first-order valence-corrected chi connectivity index (χ1v) is 12.1. The van der Waals surface area contributed by atoms with Crippen molar-refractivity contribution in [3.63, 3.8) is 0 Å². The summed E-state index contributed by atoms with van der Waals surface area (Å²) in [5.74, 6) is 3.43. The molecule has 0 radical (unpaired) electrons. The summed E-state index contributed by atoms with van der Waals surface area (Å²) in [5.41, 5.74) is -0.171. The normalized spacial score (nSPS) is 43.0. The van der Waals surface area contributed by atoms with E-state index in [1.807, 2.05) is 20.8 Å². The lowest BCUT2D eigenvalue weighted by atomic mass is 9.75. The molecule has 2 amide bonds. The van der Waals surface area contributed by atoms with Gasteiger partial charge < -0.3 is 10.6 Å². The summed E-state index contributed by atoms with van der Waals surface area (Å²) >= 11 is 0. The van der Waals surface area contributed by atoms with Gasteiger partial charge in [-0.05, 0) is 102 Å². The molecular weight excluding hydrogens is 362 g/mol. The third-order valence-corrected chi connectivity index (χ3v) is 8.82. The predicted octanol–water partition coefficient (Wildman–Crippen LogP) is 3.09. The molecule has 0 aromatic carbocycles. The monoisotopic (exact) mass is 401 g/mol. The number of amides is 2. The quantitative estimate of drug-likeness (QED) is 0.744. The van der Waals surface area contributed by atoms with Gasteiger partial charge >= 0.3 is 0 Å². The van der Waals surface area contributed by atoms with Gasteiger partial charge in [-0.2, -0.15) is 0 Å². The van der Waals surface area contributed by atoms with Crippen LogP contribution in [0.4, 0.5) is 0 Å². The maximum Gasteiger partial charge on any atom is 0.234 e. The van der Waals surface area contributed by atoms with E-state index in [0.717, 1.165) is 44.1 Å². The highest BCUT2D eigenvalue weighted by atomic mass is 16.2. The standard InChI is InChI=1S/C24H39N3O2/c1-23(2,3)26-21(28)14-27-19-4-5-20(27)10-17(9-19)13-25-22(29)24-11-15-6-16(12-24)8-18(24)7-15/h15-20H,4-14H2,1-3H3,(H,25,29)(H,26,28)/t15?,16?,17-,18?,19+,20-,24?. The largest absolute Gasteiger partial charge is 0.355 e. The van der Waals surface area contributed by atoms with Crippen LogP contribution in [-0.4, -0.2) is 47.4 Å². The fraction of sp³-hybridized carbons (Fsp3) is 0.917. The van der Waals surface area contributed by atoms with Crippen LogP contribution in [0.2, 0.25) is 0 Å². The Hall–Kier alpha value is -1.10. The smallest absolute Gasteiger partial charge is 0.234 e. The molecule has 162 valence electrons. The number of hydrogen-bond acceptors (Lipinski definition) is 3. The summed E-state index contributed by atoms with van der Waals surface area (Å²) < 4.78 is 0. The van der Waals surface area contributed by atoms with Crippen LogP contribution in [0, 0.1) is 29.1 Å². The minimum atomic E-state index is -0.170. The Morgan fingerprint density at radius 2 is 1.59 bits per heavy atom. The Labute approximate surface area is 175 Å². The van der Waals surface area contributed by atoms with Crippen molar-refractivity contribution < 1.29 is 9.59 Å². The third kappa shape index (κ3) is 3.62. The van der Waals surface area contributed by atoms with Crippen molar-refractivity contribution in [1.82, 2.24) is 15.5 Å². The minimum Gasteiger partial charge on any atom is -0.355 e. The highest BCUT2D eigenvalue weighted by Gasteiger charge is 2.61. The molecule has 4 aliphatic carbocycles. The van der Waals surface area contributed by atoms with Crippen LogP contribution in [0.25, 0.3) is 0 Å². The van der Waals surface area contributed by atoms with Gasteiger partial charge in [0.1, 0.15) is 0 Å². The SMILES string of the molecule is CC(C)(C)NC(=O)CN1[C@@H]2CC[C@H]1C[C@@H](CNC(=O)C13CC4CC(CC1C4)C3)C2. The first kappa shape index (κ1) is 19.8. The molecule has 4 saturated carbocycles. The van der Waals surface area contributed by atoms with Crippen molar-refractivity contribution in [1.29, 1.82) is 0 Å². The van der Waals surface area contributed by atoms with Crippen molar-refractivity contribution >= 4 is 11.8 Å². The van der Waals surface area contributed by atoms with Gasteiger partial charge in [0.15, 0.2) is 0 Å². The Balaban J connectivity index is 1.13. The number of nitrogens with zero attached hydrogens (tertiary/aromatic N) is 1. The first-order chi connectivity index (χ1) is 13.7. The number of carbonyl (C=O) groups is 2. The van der Waals surface area contributed by atoms with E-state index in [1.165, 1.54) is 32.1 Å². The van der Waals surface area contributed by atoms with Crippen molar-refractivity contribution in [3.05, 3.63) is 0 Å². The summed E-state index contributed by atoms with van der Waals surface area (Å²) in [6, 6.07) is 1.02. The van der Waals surface area contributed by atoms with E-state index in [2.05, 4.69) is 15.5 Å². The highest BCUT2D eigenvalue weighted by molar-refractivity contribution is 5.84. The molecule has 6 rings (SSSR count). The van der Waals surface area contributed by atoms with E-state index in [4.69, 9.17) is 0 Å². The van der Waals surface area contributed by atoms with E-state index in [1.54, 1.807) is 0 Å². The molecule has 0 aromatic heterocycles. The Bertz CT molecular complexity index is 656.